The maximum atomic E-state index is 12.6. The molecule has 3 aromatic rings. The number of carbonyl (C=O) groups excluding carboxylic acids is 1. The van der Waals surface area contributed by atoms with Crippen molar-refractivity contribution in [3.05, 3.63) is 77.1 Å². The fourth-order valence-electron chi connectivity index (χ4n) is 4.60. The van der Waals surface area contributed by atoms with Crippen LogP contribution < -0.4 is 15.5 Å². The van der Waals surface area contributed by atoms with Gasteiger partial charge in [-0.15, -0.1) is 13.2 Å². The summed E-state index contributed by atoms with van der Waals surface area (Å²) in [6, 6.07) is 12.7. The third-order valence-corrected chi connectivity index (χ3v) is 6.21. The zero-order valence-corrected chi connectivity index (χ0v) is 19.8. The fourth-order valence-corrected chi connectivity index (χ4v) is 4.60. The molecule has 1 fully saturated rings. The van der Waals surface area contributed by atoms with Gasteiger partial charge in [0, 0.05) is 17.9 Å². The summed E-state index contributed by atoms with van der Waals surface area (Å²) in [5.41, 5.74) is 12.7. The quantitative estimate of drug-likeness (QED) is 0.142. The molecule has 4 N–H and O–H groups in total. The zero-order valence-electron chi connectivity index (χ0n) is 19.8. The van der Waals surface area contributed by atoms with E-state index in [2.05, 4.69) is 20.4 Å². The van der Waals surface area contributed by atoms with Gasteiger partial charge in [-0.2, -0.15) is 10.6 Å². The molecule has 0 bridgehead atoms. The second-order valence-electron chi connectivity index (χ2n) is 8.77. The number of carbonyl (C=O) groups is 1. The average Bonchev–Trinajstić information content (AvgIpc) is 3.28. The van der Waals surface area contributed by atoms with E-state index in [4.69, 9.17) is 10.9 Å². The number of nitrogens with one attached hydrogen (secondary N) is 4. The number of benzene rings is 2. The Morgan fingerprint density at radius 3 is 2.38 bits per heavy atom. The van der Waals surface area contributed by atoms with Gasteiger partial charge < -0.3 is 4.74 Å². The standard InChI is InChI=1S/C25H26F3N7O2/c26-25(27,28)37-21-12-10-20(11-13-21)35-22(17-4-2-1-3-5-17)19(15-31-35)14-16-6-8-18(9-7-16)23(36)32-24(29)33-34-30/h6-13,15,17H,1-5,14H2,(H4,29,30,32,33,36). The summed E-state index contributed by atoms with van der Waals surface area (Å²) in [7, 11) is 0. The smallest absolute Gasteiger partial charge is 0.406 e. The number of nitrogens with zero attached hydrogens (tertiary/aromatic N) is 3. The van der Waals surface area contributed by atoms with Crippen molar-refractivity contribution >= 4 is 11.9 Å². The topological polar surface area (TPSA) is 128 Å². The van der Waals surface area contributed by atoms with Crippen LogP contribution in [0, 0.1) is 10.9 Å². The molecule has 9 nitrogen and oxygen atoms in total. The van der Waals surface area contributed by atoms with Gasteiger partial charge in [0.05, 0.1) is 17.6 Å². The fraction of sp³-hybridized carbons (Fsp3) is 0.320. The molecule has 1 aromatic heterocycles. The van der Waals surface area contributed by atoms with Gasteiger partial charge in [0.1, 0.15) is 5.75 Å². The molecule has 0 unspecified atom stereocenters. The van der Waals surface area contributed by atoms with E-state index >= 15 is 0 Å². The summed E-state index contributed by atoms with van der Waals surface area (Å²) in [5.74, 6) is -0.900. The SMILES string of the molecule is N=NNC(=N)NC(=O)c1ccc(Cc2cnn(-c3ccc(OC(F)(F)F)cc3)c2C2CCCCC2)cc1. The van der Waals surface area contributed by atoms with E-state index < -0.39 is 18.2 Å². The summed E-state index contributed by atoms with van der Waals surface area (Å²) in [5, 5.41) is 17.2. The van der Waals surface area contributed by atoms with Gasteiger partial charge in [-0.1, -0.05) is 36.6 Å². The van der Waals surface area contributed by atoms with Crippen LogP contribution in [-0.2, 0) is 6.42 Å². The highest BCUT2D eigenvalue weighted by atomic mass is 19.4. The van der Waals surface area contributed by atoms with Crippen molar-refractivity contribution in [2.75, 3.05) is 0 Å². The molecule has 0 saturated heterocycles. The minimum Gasteiger partial charge on any atom is -0.406 e. The van der Waals surface area contributed by atoms with Crippen molar-refractivity contribution in [3.8, 4) is 11.4 Å². The molecule has 37 heavy (non-hydrogen) atoms. The Bertz CT molecular complexity index is 1250. The van der Waals surface area contributed by atoms with Crippen molar-refractivity contribution in [3.63, 3.8) is 0 Å². The summed E-state index contributed by atoms with van der Waals surface area (Å²) < 4.78 is 43.5. The molecule has 1 saturated carbocycles. The first-order valence-corrected chi connectivity index (χ1v) is 11.8. The third-order valence-electron chi connectivity index (χ3n) is 6.21. The van der Waals surface area contributed by atoms with Crippen LogP contribution in [0.25, 0.3) is 5.69 Å². The number of amides is 1. The van der Waals surface area contributed by atoms with E-state index in [1.165, 1.54) is 18.6 Å². The van der Waals surface area contributed by atoms with Crippen LogP contribution in [-0.4, -0.2) is 28.0 Å². The molecule has 0 spiro atoms. The molecule has 0 radical (unpaired) electrons. The van der Waals surface area contributed by atoms with E-state index in [0.29, 0.717) is 17.7 Å². The number of hydrogen-bond donors (Lipinski definition) is 4. The number of hydrogen-bond acceptors (Lipinski definition) is 6. The molecular weight excluding hydrogens is 487 g/mol. The second-order valence-corrected chi connectivity index (χ2v) is 8.77. The summed E-state index contributed by atoms with van der Waals surface area (Å²) in [6.07, 6.45) is 3.02. The molecule has 1 aliphatic carbocycles. The molecule has 0 atom stereocenters. The van der Waals surface area contributed by atoms with Gasteiger partial charge in [-0.3, -0.25) is 15.5 Å². The number of aromatic nitrogens is 2. The monoisotopic (exact) mass is 513 g/mol. The Labute approximate surface area is 211 Å². The normalized spacial score (nSPS) is 14.1. The Morgan fingerprint density at radius 1 is 1.08 bits per heavy atom. The highest BCUT2D eigenvalue weighted by Gasteiger charge is 2.31. The number of halogens is 3. The predicted octanol–water partition coefficient (Wildman–Crippen LogP) is 5.61. The van der Waals surface area contributed by atoms with Crippen LogP contribution in [0.4, 0.5) is 13.2 Å². The van der Waals surface area contributed by atoms with Gasteiger partial charge in [0.2, 0.25) is 5.96 Å². The maximum Gasteiger partial charge on any atom is 0.573 e. The van der Waals surface area contributed by atoms with Crippen LogP contribution in [0.1, 0.15) is 65.2 Å². The lowest BCUT2D eigenvalue weighted by Crippen LogP contribution is -2.37. The molecule has 12 heteroatoms. The Kier molecular flexibility index (Phi) is 7.85. The van der Waals surface area contributed by atoms with Crippen molar-refractivity contribution in [1.29, 1.82) is 10.9 Å². The average molecular weight is 514 g/mol. The van der Waals surface area contributed by atoms with E-state index in [1.807, 2.05) is 17.6 Å². The highest BCUT2D eigenvalue weighted by molar-refractivity contribution is 6.04. The third kappa shape index (κ3) is 6.72. The van der Waals surface area contributed by atoms with Crippen molar-refractivity contribution in [1.82, 2.24) is 20.5 Å². The molecule has 1 heterocycles. The van der Waals surface area contributed by atoms with Crippen molar-refractivity contribution in [2.45, 2.75) is 50.8 Å². The lowest BCUT2D eigenvalue weighted by atomic mass is 9.84. The molecule has 1 aliphatic rings. The van der Waals surface area contributed by atoms with Crippen LogP contribution in [0.15, 0.2) is 60.0 Å². The molecule has 194 valence electrons. The summed E-state index contributed by atoms with van der Waals surface area (Å²) in [4.78, 5) is 12.2. The Morgan fingerprint density at radius 2 is 1.76 bits per heavy atom. The van der Waals surface area contributed by atoms with E-state index in [0.717, 1.165) is 42.5 Å². The molecule has 2 aromatic carbocycles. The first kappa shape index (κ1) is 25.9. The number of ether oxygens (including phenoxy) is 1. The van der Waals surface area contributed by atoms with Crippen molar-refractivity contribution in [2.24, 2.45) is 5.22 Å². The minimum absolute atomic E-state index is 0.281. The van der Waals surface area contributed by atoms with Crippen molar-refractivity contribution < 1.29 is 22.7 Å². The van der Waals surface area contributed by atoms with Gasteiger partial charge in [0.15, 0.2) is 0 Å². The van der Waals surface area contributed by atoms with Gasteiger partial charge in [-0.05, 0) is 60.4 Å². The summed E-state index contributed by atoms with van der Waals surface area (Å²) >= 11 is 0. The van der Waals surface area contributed by atoms with Crippen LogP contribution in [0.5, 0.6) is 5.75 Å². The molecule has 0 aliphatic heterocycles. The second kappa shape index (κ2) is 11.2. The van der Waals surface area contributed by atoms with Gasteiger partial charge in [0.25, 0.3) is 5.91 Å². The Balaban J connectivity index is 1.57. The van der Waals surface area contributed by atoms with Crippen LogP contribution >= 0.6 is 0 Å². The van der Waals surface area contributed by atoms with Gasteiger partial charge in [-0.25, -0.2) is 10.1 Å². The van der Waals surface area contributed by atoms with E-state index in [-0.39, 0.29) is 11.7 Å². The molecule has 1 amide bonds. The largest absolute Gasteiger partial charge is 0.573 e. The number of rotatable bonds is 7. The summed E-state index contributed by atoms with van der Waals surface area (Å²) in [6.45, 7) is 0. The predicted molar refractivity (Wildman–Crippen MR) is 129 cm³/mol. The zero-order chi connectivity index (χ0) is 26.4. The first-order chi connectivity index (χ1) is 17.7. The number of guanidine groups is 1. The minimum atomic E-state index is -4.75. The first-order valence-electron chi connectivity index (χ1n) is 11.8. The highest BCUT2D eigenvalue weighted by Crippen LogP contribution is 2.36. The molecule has 4 rings (SSSR count). The molecular formula is C25H26F3N7O2. The maximum absolute atomic E-state index is 12.6. The van der Waals surface area contributed by atoms with Gasteiger partial charge >= 0.3 is 6.36 Å². The Hall–Kier alpha value is -4.22. The lowest BCUT2D eigenvalue weighted by molar-refractivity contribution is -0.274. The van der Waals surface area contributed by atoms with Crippen LogP contribution in [0.2, 0.25) is 0 Å². The number of alkyl halides is 3. The van der Waals surface area contributed by atoms with E-state index in [1.54, 1.807) is 35.1 Å². The van der Waals surface area contributed by atoms with E-state index in [9.17, 15) is 18.0 Å². The lowest BCUT2D eigenvalue weighted by Gasteiger charge is -2.24. The van der Waals surface area contributed by atoms with Crippen LogP contribution in [0.3, 0.4) is 0 Å².